The molecule has 0 aliphatic heterocycles. The maximum atomic E-state index is 10.3. The Morgan fingerprint density at radius 2 is 1.69 bits per heavy atom. The van der Waals surface area contributed by atoms with E-state index in [0.29, 0.717) is 6.42 Å². The highest BCUT2D eigenvalue weighted by Crippen LogP contribution is 2.23. The van der Waals surface area contributed by atoms with Crippen molar-refractivity contribution in [2.75, 3.05) is 0 Å². The minimum atomic E-state index is 0.185. The van der Waals surface area contributed by atoms with Gasteiger partial charge in [0.25, 0.3) is 0 Å². The number of carbonyl (C=O) groups is 1. The van der Waals surface area contributed by atoms with Crippen molar-refractivity contribution < 1.29 is 4.79 Å². The first-order valence-corrected chi connectivity index (χ1v) is 6.73. The molecule has 94 valence electrons. The van der Waals surface area contributed by atoms with Gasteiger partial charge in [0, 0.05) is 6.42 Å². The molecule has 0 aliphatic rings. The van der Waals surface area contributed by atoms with Crippen molar-refractivity contribution in [2.24, 2.45) is 5.41 Å². The quantitative estimate of drug-likeness (QED) is 0.293. The van der Waals surface area contributed by atoms with E-state index < -0.39 is 0 Å². The summed E-state index contributed by atoms with van der Waals surface area (Å²) in [5.41, 5.74) is 0.185. The Morgan fingerprint density at radius 3 is 2.31 bits per heavy atom. The third kappa shape index (κ3) is 9.95. The molecule has 1 nitrogen and oxygen atoms in total. The Balaban J connectivity index is 3.53. The lowest BCUT2D eigenvalue weighted by Gasteiger charge is -2.18. The fraction of sp³-hybridized carbons (Fsp3) is 0.800. The molecule has 0 aromatic rings. The van der Waals surface area contributed by atoms with Gasteiger partial charge in [0.15, 0.2) is 0 Å². The molecule has 0 aromatic heterocycles. The van der Waals surface area contributed by atoms with Crippen molar-refractivity contribution in [2.45, 2.75) is 72.1 Å². The molecule has 0 spiro atoms. The third-order valence-corrected chi connectivity index (χ3v) is 2.95. The van der Waals surface area contributed by atoms with E-state index in [0.717, 1.165) is 12.7 Å². The normalized spacial score (nSPS) is 12.2. The average Bonchev–Trinajstić information content (AvgIpc) is 2.25. The zero-order valence-corrected chi connectivity index (χ0v) is 11.3. The van der Waals surface area contributed by atoms with Crippen LogP contribution in [-0.4, -0.2) is 6.29 Å². The van der Waals surface area contributed by atoms with E-state index in [9.17, 15) is 4.79 Å². The van der Waals surface area contributed by atoms with Gasteiger partial charge in [-0.15, -0.1) is 0 Å². The van der Waals surface area contributed by atoms with E-state index in [-0.39, 0.29) is 5.41 Å². The predicted octanol–water partition coefficient (Wildman–Crippen LogP) is 4.91. The molecule has 0 N–H and O–H groups in total. The predicted molar refractivity (Wildman–Crippen MR) is 71.6 cm³/mol. The standard InChI is InChI=1S/C15H28O/c1-4-5-6-7-8-9-10-12-15(2,3)13-11-14-16/h10,12,14H,4-9,11,13H2,1-3H3. The largest absolute Gasteiger partial charge is 0.303 e. The van der Waals surface area contributed by atoms with Gasteiger partial charge in [0.1, 0.15) is 6.29 Å². The summed E-state index contributed by atoms with van der Waals surface area (Å²) >= 11 is 0. The number of aldehydes is 1. The van der Waals surface area contributed by atoms with Crippen LogP contribution in [0, 0.1) is 5.41 Å². The van der Waals surface area contributed by atoms with Gasteiger partial charge in [0.2, 0.25) is 0 Å². The van der Waals surface area contributed by atoms with Crippen molar-refractivity contribution in [3.8, 4) is 0 Å². The second-order valence-electron chi connectivity index (χ2n) is 5.30. The van der Waals surface area contributed by atoms with Crippen molar-refractivity contribution >= 4 is 6.29 Å². The maximum absolute atomic E-state index is 10.3. The highest BCUT2D eigenvalue weighted by Gasteiger charge is 2.11. The molecular formula is C15H28O. The molecule has 0 atom stereocenters. The molecule has 0 unspecified atom stereocenters. The van der Waals surface area contributed by atoms with Crippen LogP contribution in [-0.2, 0) is 4.79 Å². The van der Waals surface area contributed by atoms with Gasteiger partial charge in [-0.1, -0.05) is 58.6 Å². The summed E-state index contributed by atoms with van der Waals surface area (Å²) < 4.78 is 0. The SMILES string of the molecule is CCCCCCCC=CC(C)(C)CCC=O. The molecule has 0 heterocycles. The Morgan fingerprint density at radius 1 is 1.00 bits per heavy atom. The number of hydrogen-bond donors (Lipinski definition) is 0. The molecule has 16 heavy (non-hydrogen) atoms. The van der Waals surface area contributed by atoms with Crippen LogP contribution in [0.5, 0.6) is 0 Å². The summed E-state index contributed by atoms with van der Waals surface area (Å²) in [6, 6.07) is 0. The van der Waals surface area contributed by atoms with Gasteiger partial charge in [-0.2, -0.15) is 0 Å². The number of allylic oxidation sites excluding steroid dienone is 2. The lowest BCUT2D eigenvalue weighted by molar-refractivity contribution is -0.108. The van der Waals surface area contributed by atoms with E-state index >= 15 is 0 Å². The van der Waals surface area contributed by atoms with Crippen molar-refractivity contribution in [1.82, 2.24) is 0 Å². The van der Waals surface area contributed by atoms with Crippen LogP contribution in [0.4, 0.5) is 0 Å². The van der Waals surface area contributed by atoms with Gasteiger partial charge in [-0.05, 0) is 24.7 Å². The zero-order chi connectivity index (χ0) is 12.3. The third-order valence-electron chi connectivity index (χ3n) is 2.95. The summed E-state index contributed by atoms with van der Waals surface area (Å²) in [4.78, 5) is 10.3. The lowest BCUT2D eigenvalue weighted by atomic mass is 9.87. The fourth-order valence-corrected chi connectivity index (χ4v) is 1.78. The van der Waals surface area contributed by atoms with E-state index in [2.05, 4.69) is 32.9 Å². The van der Waals surface area contributed by atoms with Crippen LogP contribution in [0.1, 0.15) is 72.1 Å². The van der Waals surface area contributed by atoms with E-state index in [1.165, 1.54) is 38.5 Å². The van der Waals surface area contributed by atoms with Gasteiger partial charge >= 0.3 is 0 Å². The first-order valence-electron chi connectivity index (χ1n) is 6.73. The maximum Gasteiger partial charge on any atom is 0.120 e. The van der Waals surface area contributed by atoms with Gasteiger partial charge < -0.3 is 4.79 Å². The minimum absolute atomic E-state index is 0.185. The molecule has 0 rings (SSSR count). The van der Waals surface area contributed by atoms with E-state index in [1.54, 1.807) is 0 Å². The summed E-state index contributed by atoms with van der Waals surface area (Å²) in [7, 11) is 0. The Bertz CT molecular complexity index is 192. The topological polar surface area (TPSA) is 17.1 Å². The van der Waals surface area contributed by atoms with Gasteiger partial charge in [-0.25, -0.2) is 0 Å². The summed E-state index contributed by atoms with van der Waals surface area (Å²) in [6.07, 6.45) is 15.1. The van der Waals surface area contributed by atoms with Crippen LogP contribution >= 0.6 is 0 Å². The smallest absolute Gasteiger partial charge is 0.120 e. The van der Waals surface area contributed by atoms with Crippen molar-refractivity contribution in [3.63, 3.8) is 0 Å². The molecule has 0 saturated heterocycles. The highest BCUT2D eigenvalue weighted by molar-refractivity contribution is 5.49. The van der Waals surface area contributed by atoms with Crippen LogP contribution < -0.4 is 0 Å². The van der Waals surface area contributed by atoms with Crippen LogP contribution in [0.15, 0.2) is 12.2 Å². The van der Waals surface area contributed by atoms with Crippen molar-refractivity contribution in [1.29, 1.82) is 0 Å². The van der Waals surface area contributed by atoms with Gasteiger partial charge in [-0.3, -0.25) is 0 Å². The van der Waals surface area contributed by atoms with E-state index in [4.69, 9.17) is 0 Å². The second kappa shape index (κ2) is 9.62. The van der Waals surface area contributed by atoms with Gasteiger partial charge in [0.05, 0.1) is 0 Å². The van der Waals surface area contributed by atoms with Crippen LogP contribution in [0.3, 0.4) is 0 Å². The number of rotatable bonds is 10. The minimum Gasteiger partial charge on any atom is -0.303 e. The lowest BCUT2D eigenvalue weighted by Crippen LogP contribution is -2.07. The molecule has 1 heteroatoms. The molecular weight excluding hydrogens is 196 g/mol. The molecule has 0 fully saturated rings. The molecule has 0 aromatic carbocycles. The monoisotopic (exact) mass is 224 g/mol. The Kier molecular flexibility index (Phi) is 9.27. The summed E-state index contributed by atoms with van der Waals surface area (Å²) in [5.74, 6) is 0. The molecule has 0 bridgehead atoms. The average molecular weight is 224 g/mol. The number of carbonyl (C=O) groups excluding carboxylic acids is 1. The molecule has 0 radical (unpaired) electrons. The van der Waals surface area contributed by atoms with Crippen LogP contribution in [0.2, 0.25) is 0 Å². The first-order chi connectivity index (χ1) is 7.62. The van der Waals surface area contributed by atoms with Crippen molar-refractivity contribution in [3.05, 3.63) is 12.2 Å². The Hall–Kier alpha value is -0.590. The zero-order valence-electron chi connectivity index (χ0n) is 11.3. The summed E-state index contributed by atoms with van der Waals surface area (Å²) in [5, 5.41) is 0. The summed E-state index contributed by atoms with van der Waals surface area (Å²) in [6.45, 7) is 6.64. The molecule has 0 saturated carbocycles. The van der Waals surface area contributed by atoms with E-state index in [1.807, 2.05) is 0 Å². The van der Waals surface area contributed by atoms with Crippen LogP contribution in [0.25, 0.3) is 0 Å². The second-order valence-corrected chi connectivity index (χ2v) is 5.30. The first kappa shape index (κ1) is 15.4. The highest BCUT2D eigenvalue weighted by atomic mass is 16.1. The molecule has 0 aliphatic carbocycles. The number of unbranched alkanes of at least 4 members (excludes halogenated alkanes) is 5. The Labute approximate surface area is 101 Å². The number of hydrogen-bond acceptors (Lipinski definition) is 1. The molecule has 0 amide bonds. The fourth-order valence-electron chi connectivity index (χ4n) is 1.78.